The van der Waals surface area contributed by atoms with Gasteiger partial charge in [0.1, 0.15) is 17.8 Å². The first-order chi connectivity index (χ1) is 17.2. The lowest BCUT2D eigenvalue weighted by Crippen LogP contribution is -2.02. The molecule has 0 spiro atoms. The van der Waals surface area contributed by atoms with Crippen LogP contribution in [0.4, 0.5) is 0 Å². The number of allylic oxidation sites excluding steroid dienone is 1. The van der Waals surface area contributed by atoms with Crippen LogP contribution in [0.25, 0.3) is 11.1 Å². The summed E-state index contributed by atoms with van der Waals surface area (Å²) in [6.07, 6.45) is 1.59. The zero-order valence-corrected chi connectivity index (χ0v) is 19.5. The lowest BCUT2D eigenvalue weighted by Gasteiger charge is -2.18. The molecule has 4 aromatic carbocycles. The van der Waals surface area contributed by atoms with Gasteiger partial charge < -0.3 is 9.47 Å². The topological polar surface area (TPSA) is 52.6 Å². The number of ether oxygens (including phenoxy) is 2. The number of benzene rings is 4. The molecule has 0 heterocycles. The molecule has 0 saturated heterocycles. The second kappa shape index (κ2) is 11.6. The first kappa shape index (κ1) is 23.7. The summed E-state index contributed by atoms with van der Waals surface area (Å²) in [5, 5.41) is 0. The van der Waals surface area contributed by atoms with E-state index in [9.17, 15) is 9.59 Å². The van der Waals surface area contributed by atoms with Gasteiger partial charge in [-0.2, -0.15) is 0 Å². The monoisotopic (exact) mass is 462 g/mol. The molecule has 35 heavy (non-hydrogen) atoms. The molecule has 4 aromatic rings. The minimum Gasteiger partial charge on any atom is -0.469 e. The lowest BCUT2D eigenvalue weighted by molar-refractivity contribution is -0.140. The molecule has 0 bridgehead atoms. The average molecular weight is 463 g/mol. The fourth-order valence-electron chi connectivity index (χ4n) is 3.94. The number of para-hydroxylation sites is 1. The van der Waals surface area contributed by atoms with Gasteiger partial charge in [-0.25, -0.2) is 0 Å². The van der Waals surface area contributed by atoms with E-state index in [0.29, 0.717) is 12.0 Å². The molecule has 0 fully saturated rings. The predicted molar refractivity (Wildman–Crippen MR) is 138 cm³/mol. The highest BCUT2D eigenvalue weighted by atomic mass is 16.5. The number of carbonyl (C=O) groups excluding carboxylic acids is 2. The number of hydrogen-bond donors (Lipinski definition) is 0. The Hall–Kier alpha value is -4.44. The highest BCUT2D eigenvalue weighted by Crippen LogP contribution is 2.36. The van der Waals surface area contributed by atoms with Gasteiger partial charge in [-0.3, -0.25) is 9.59 Å². The third-order valence-corrected chi connectivity index (χ3v) is 5.69. The van der Waals surface area contributed by atoms with Crippen LogP contribution in [-0.4, -0.2) is 19.4 Å². The molecule has 0 amide bonds. The summed E-state index contributed by atoms with van der Waals surface area (Å²) in [7, 11) is 1.40. The van der Waals surface area contributed by atoms with Crippen LogP contribution in [0.2, 0.25) is 0 Å². The van der Waals surface area contributed by atoms with E-state index < -0.39 is 0 Å². The lowest BCUT2D eigenvalue weighted by atomic mass is 9.87. The van der Waals surface area contributed by atoms with Crippen LogP contribution in [0.3, 0.4) is 0 Å². The molecule has 0 aromatic heterocycles. The van der Waals surface area contributed by atoms with Crippen molar-refractivity contribution in [2.75, 3.05) is 7.11 Å². The van der Waals surface area contributed by atoms with Crippen LogP contribution in [0, 0.1) is 0 Å². The summed E-state index contributed by atoms with van der Waals surface area (Å²) >= 11 is 0. The number of carbonyl (C=O) groups is 2. The van der Waals surface area contributed by atoms with E-state index in [1.54, 1.807) is 12.1 Å². The Labute approximate surface area is 205 Å². The van der Waals surface area contributed by atoms with Gasteiger partial charge in [-0.05, 0) is 58.5 Å². The number of hydrogen-bond acceptors (Lipinski definition) is 4. The van der Waals surface area contributed by atoms with Crippen molar-refractivity contribution in [3.8, 4) is 11.5 Å². The molecule has 0 atom stereocenters. The quantitative estimate of drug-likeness (QED) is 0.150. The molecule has 0 saturated carbocycles. The molecule has 174 valence electrons. The predicted octanol–water partition coefficient (Wildman–Crippen LogP) is 7.20. The number of rotatable bonds is 9. The van der Waals surface area contributed by atoms with E-state index in [1.807, 2.05) is 97.1 Å². The van der Waals surface area contributed by atoms with Crippen molar-refractivity contribution in [3.63, 3.8) is 0 Å². The van der Waals surface area contributed by atoms with Gasteiger partial charge in [0.25, 0.3) is 0 Å². The maximum absolute atomic E-state index is 12.0. The van der Waals surface area contributed by atoms with Gasteiger partial charge in [-0.15, -0.1) is 0 Å². The van der Waals surface area contributed by atoms with Gasteiger partial charge in [0.15, 0.2) is 0 Å². The molecule has 0 radical (unpaired) electrons. The summed E-state index contributed by atoms with van der Waals surface area (Å²) in [5.41, 5.74) is 5.57. The number of esters is 1. The van der Waals surface area contributed by atoms with Gasteiger partial charge in [0.05, 0.1) is 7.11 Å². The van der Waals surface area contributed by atoms with E-state index in [0.717, 1.165) is 45.6 Å². The summed E-state index contributed by atoms with van der Waals surface area (Å²) in [5.74, 6) is 1.23. The zero-order chi connectivity index (χ0) is 24.5. The summed E-state index contributed by atoms with van der Waals surface area (Å²) in [6.45, 7) is 0. The van der Waals surface area contributed by atoms with Crippen molar-refractivity contribution < 1.29 is 19.1 Å². The summed E-state index contributed by atoms with van der Waals surface area (Å²) < 4.78 is 10.9. The van der Waals surface area contributed by atoms with E-state index in [1.165, 1.54) is 7.11 Å². The number of methoxy groups -OCH3 is 1. The smallest absolute Gasteiger partial charge is 0.305 e. The third-order valence-electron chi connectivity index (χ3n) is 5.69. The highest BCUT2D eigenvalue weighted by Gasteiger charge is 2.16. The first-order valence-corrected chi connectivity index (χ1v) is 11.4. The second-order valence-electron chi connectivity index (χ2n) is 7.98. The van der Waals surface area contributed by atoms with Crippen LogP contribution in [0.15, 0.2) is 109 Å². The molecule has 4 nitrogen and oxygen atoms in total. The van der Waals surface area contributed by atoms with Crippen molar-refractivity contribution in [1.29, 1.82) is 0 Å². The SMILES string of the molecule is COC(=O)CC/C(=C(/c1ccc(C=O)cc1)c1ccc(Oc2ccccc2)cc1)c1ccccc1. The molecule has 0 aliphatic carbocycles. The van der Waals surface area contributed by atoms with Crippen molar-refractivity contribution in [1.82, 2.24) is 0 Å². The van der Waals surface area contributed by atoms with Crippen molar-refractivity contribution >= 4 is 23.4 Å². The van der Waals surface area contributed by atoms with Gasteiger partial charge >= 0.3 is 5.97 Å². The van der Waals surface area contributed by atoms with E-state index in [2.05, 4.69) is 0 Å². The Balaban J connectivity index is 1.81. The minimum atomic E-state index is -0.263. The first-order valence-electron chi connectivity index (χ1n) is 11.4. The Morgan fingerprint density at radius 2 is 1.20 bits per heavy atom. The molecule has 4 rings (SSSR count). The van der Waals surface area contributed by atoms with Crippen LogP contribution in [-0.2, 0) is 9.53 Å². The van der Waals surface area contributed by atoms with Crippen LogP contribution in [0.1, 0.15) is 39.9 Å². The second-order valence-corrected chi connectivity index (χ2v) is 7.98. The molecule has 4 heteroatoms. The largest absolute Gasteiger partial charge is 0.469 e. The van der Waals surface area contributed by atoms with Crippen molar-refractivity contribution in [2.45, 2.75) is 12.8 Å². The van der Waals surface area contributed by atoms with Gasteiger partial charge in [-0.1, -0.05) is 84.9 Å². The molecular formula is C31H26O4. The third kappa shape index (κ3) is 6.12. The molecule has 0 unspecified atom stereocenters. The van der Waals surface area contributed by atoms with E-state index in [-0.39, 0.29) is 12.4 Å². The van der Waals surface area contributed by atoms with E-state index in [4.69, 9.17) is 9.47 Å². The van der Waals surface area contributed by atoms with Crippen LogP contribution in [0.5, 0.6) is 11.5 Å². The fourth-order valence-corrected chi connectivity index (χ4v) is 3.94. The maximum Gasteiger partial charge on any atom is 0.305 e. The van der Waals surface area contributed by atoms with Crippen LogP contribution >= 0.6 is 0 Å². The minimum absolute atomic E-state index is 0.256. The standard InChI is InChI=1S/C31H26O4/c1-34-30(33)21-20-29(24-8-4-2-5-9-24)31(25-14-12-23(22-32)13-15-25)26-16-18-28(19-17-26)35-27-10-6-3-7-11-27/h2-19,22H,20-21H2,1H3/b31-29+. The summed E-state index contributed by atoms with van der Waals surface area (Å²) in [6, 6.07) is 35.0. The Bertz CT molecular complexity index is 1290. The molecule has 0 aliphatic heterocycles. The fraction of sp³-hybridized carbons (Fsp3) is 0.0968. The molecular weight excluding hydrogens is 436 g/mol. The van der Waals surface area contributed by atoms with E-state index >= 15 is 0 Å². The Morgan fingerprint density at radius 3 is 1.77 bits per heavy atom. The highest BCUT2D eigenvalue weighted by molar-refractivity contribution is 5.99. The summed E-state index contributed by atoms with van der Waals surface area (Å²) in [4.78, 5) is 23.3. The number of aldehydes is 1. The van der Waals surface area contributed by atoms with Crippen LogP contribution < -0.4 is 4.74 Å². The van der Waals surface area contributed by atoms with Crippen molar-refractivity contribution in [3.05, 3.63) is 131 Å². The maximum atomic E-state index is 12.0. The molecule has 0 N–H and O–H groups in total. The van der Waals surface area contributed by atoms with Gasteiger partial charge in [0.2, 0.25) is 0 Å². The van der Waals surface area contributed by atoms with Crippen molar-refractivity contribution in [2.24, 2.45) is 0 Å². The normalized spacial score (nSPS) is 11.3. The Morgan fingerprint density at radius 1 is 0.657 bits per heavy atom. The average Bonchev–Trinajstić information content (AvgIpc) is 2.92. The zero-order valence-electron chi connectivity index (χ0n) is 19.5. The Kier molecular flexibility index (Phi) is 7.87. The van der Waals surface area contributed by atoms with Gasteiger partial charge in [0, 0.05) is 12.0 Å². The molecule has 0 aliphatic rings.